The van der Waals surface area contributed by atoms with Crippen LogP contribution in [0.2, 0.25) is 0 Å². The molecule has 0 saturated heterocycles. The van der Waals surface area contributed by atoms with E-state index in [0.29, 0.717) is 29.1 Å². The first-order valence-electron chi connectivity index (χ1n) is 9.53. The molecule has 0 saturated carbocycles. The Labute approximate surface area is 177 Å². The lowest BCUT2D eigenvalue weighted by molar-refractivity contribution is 0.102. The first-order chi connectivity index (χ1) is 14.3. The highest BCUT2D eigenvalue weighted by Crippen LogP contribution is 2.24. The molecule has 156 valence electrons. The van der Waals surface area contributed by atoms with Gasteiger partial charge in [-0.05, 0) is 74.9 Å². The molecule has 1 amide bonds. The molecule has 7 heteroatoms. The number of amides is 1. The molecule has 0 bridgehead atoms. The van der Waals surface area contributed by atoms with Gasteiger partial charge in [0, 0.05) is 11.3 Å². The maximum Gasteiger partial charge on any atom is 0.261 e. The zero-order valence-electron chi connectivity index (χ0n) is 17.1. The molecule has 0 heterocycles. The summed E-state index contributed by atoms with van der Waals surface area (Å²) in [6.45, 7) is 6.06. The summed E-state index contributed by atoms with van der Waals surface area (Å²) >= 11 is 0. The van der Waals surface area contributed by atoms with E-state index in [2.05, 4.69) is 10.0 Å². The van der Waals surface area contributed by atoms with E-state index in [1.54, 1.807) is 73.7 Å². The standard InChI is InChI=1S/C23H24N2O4S/c1-4-29-19-12-10-18(11-13-19)24-23(26)21-6-5-7-22(17(21)3)25-30(27,28)20-14-8-16(2)9-15-20/h5-15,25H,4H2,1-3H3,(H,24,26). The smallest absolute Gasteiger partial charge is 0.261 e. The average molecular weight is 425 g/mol. The Kier molecular flexibility index (Phi) is 6.42. The topological polar surface area (TPSA) is 84.5 Å². The number of benzene rings is 3. The number of ether oxygens (including phenoxy) is 1. The van der Waals surface area contributed by atoms with Crippen molar-refractivity contribution in [1.29, 1.82) is 0 Å². The van der Waals surface area contributed by atoms with Gasteiger partial charge in [0.15, 0.2) is 0 Å². The van der Waals surface area contributed by atoms with Crippen LogP contribution in [0.4, 0.5) is 11.4 Å². The summed E-state index contributed by atoms with van der Waals surface area (Å²) < 4.78 is 33.4. The van der Waals surface area contributed by atoms with Gasteiger partial charge in [-0.2, -0.15) is 0 Å². The molecule has 2 N–H and O–H groups in total. The van der Waals surface area contributed by atoms with Crippen molar-refractivity contribution >= 4 is 27.3 Å². The molecule has 3 rings (SSSR count). The minimum absolute atomic E-state index is 0.164. The minimum atomic E-state index is -3.76. The fourth-order valence-corrected chi connectivity index (χ4v) is 4.04. The molecule has 0 spiro atoms. The molecule has 0 aliphatic heterocycles. The summed E-state index contributed by atoms with van der Waals surface area (Å²) in [5.41, 5.74) is 2.87. The van der Waals surface area contributed by atoms with Crippen LogP contribution < -0.4 is 14.8 Å². The monoisotopic (exact) mass is 424 g/mol. The Hall–Kier alpha value is -3.32. The summed E-state index contributed by atoms with van der Waals surface area (Å²) in [4.78, 5) is 12.9. The minimum Gasteiger partial charge on any atom is -0.494 e. The average Bonchev–Trinajstić information content (AvgIpc) is 2.71. The van der Waals surface area contributed by atoms with Gasteiger partial charge in [-0.25, -0.2) is 8.42 Å². The number of sulfonamides is 1. The van der Waals surface area contributed by atoms with Gasteiger partial charge in [-0.3, -0.25) is 9.52 Å². The molecule has 3 aromatic carbocycles. The lowest BCUT2D eigenvalue weighted by atomic mass is 10.1. The van der Waals surface area contributed by atoms with Gasteiger partial charge in [0.1, 0.15) is 5.75 Å². The maximum atomic E-state index is 12.8. The van der Waals surface area contributed by atoms with Crippen molar-refractivity contribution in [2.75, 3.05) is 16.6 Å². The third-order valence-corrected chi connectivity index (χ3v) is 5.96. The van der Waals surface area contributed by atoms with Gasteiger partial charge < -0.3 is 10.1 Å². The summed E-state index contributed by atoms with van der Waals surface area (Å²) in [5.74, 6) is 0.396. The van der Waals surface area contributed by atoms with Crippen LogP contribution in [0.15, 0.2) is 71.6 Å². The van der Waals surface area contributed by atoms with Crippen molar-refractivity contribution < 1.29 is 17.9 Å². The highest BCUT2D eigenvalue weighted by molar-refractivity contribution is 7.92. The SMILES string of the molecule is CCOc1ccc(NC(=O)c2cccc(NS(=O)(=O)c3ccc(C)cc3)c2C)cc1. The number of carbonyl (C=O) groups excluding carboxylic acids is 1. The van der Waals surface area contributed by atoms with E-state index < -0.39 is 10.0 Å². The first kappa shape index (κ1) is 21.4. The largest absolute Gasteiger partial charge is 0.494 e. The second-order valence-corrected chi connectivity index (χ2v) is 8.49. The van der Waals surface area contributed by atoms with E-state index in [-0.39, 0.29) is 10.8 Å². The zero-order chi connectivity index (χ0) is 21.7. The molecule has 0 aliphatic rings. The van der Waals surface area contributed by atoms with Crippen LogP contribution in [0, 0.1) is 13.8 Å². The van der Waals surface area contributed by atoms with Gasteiger partial charge in [0.25, 0.3) is 15.9 Å². The van der Waals surface area contributed by atoms with Crippen molar-refractivity contribution in [2.24, 2.45) is 0 Å². The summed E-state index contributed by atoms with van der Waals surface area (Å²) in [5, 5.41) is 2.82. The molecule has 30 heavy (non-hydrogen) atoms. The Balaban J connectivity index is 1.80. The molecule has 0 radical (unpaired) electrons. The van der Waals surface area contributed by atoms with Crippen molar-refractivity contribution in [2.45, 2.75) is 25.7 Å². The van der Waals surface area contributed by atoms with Gasteiger partial charge in [-0.15, -0.1) is 0 Å². The molecular formula is C23H24N2O4S. The second-order valence-electron chi connectivity index (χ2n) is 6.81. The first-order valence-corrected chi connectivity index (χ1v) is 11.0. The molecule has 0 unspecified atom stereocenters. The Morgan fingerprint density at radius 1 is 0.933 bits per heavy atom. The van der Waals surface area contributed by atoms with Crippen LogP contribution in [0.25, 0.3) is 0 Å². The molecule has 0 aromatic heterocycles. The lowest BCUT2D eigenvalue weighted by Crippen LogP contribution is -2.17. The molecule has 0 atom stereocenters. The van der Waals surface area contributed by atoms with Crippen LogP contribution in [0.1, 0.15) is 28.4 Å². The number of aryl methyl sites for hydroxylation is 1. The highest BCUT2D eigenvalue weighted by atomic mass is 32.2. The Morgan fingerprint density at radius 3 is 2.23 bits per heavy atom. The van der Waals surface area contributed by atoms with Crippen molar-refractivity contribution in [3.8, 4) is 5.75 Å². The van der Waals surface area contributed by atoms with Crippen molar-refractivity contribution in [3.63, 3.8) is 0 Å². The van der Waals surface area contributed by atoms with Gasteiger partial charge >= 0.3 is 0 Å². The van der Waals surface area contributed by atoms with Crippen LogP contribution in [0.5, 0.6) is 5.75 Å². The summed E-state index contributed by atoms with van der Waals surface area (Å²) in [6.07, 6.45) is 0. The highest BCUT2D eigenvalue weighted by Gasteiger charge is 2.18. The Morgan fingerprint density at radius 2 is 1.60 bits per heavy atom. The third kappa shape index (κ3) is 4.99. The number of carbonyl (C=O) groups is 1. The van der Waals surface area contributed by atoms with Crippen molar-refractivity contribution in [3.05, 3.63) is 83.4 Å². The van der Waals surface area contributed by atoms with Gasteiger partial charge in [-0.1, -0.05) is 23.8 Å². The molecule has 0 fully saturated rings. The van der Waals surface area contributed by atoms with Crippen LogP contribution in [-0.4, -0.2) is 20.9 Å². The number of hydrogen-bond donors (Lipinski definition) is 2. The Bertz CT molecular complexity index is 1140. The fourth-order valence-electron chi connectivity index (χ4n) is 2.91. The lowest BCUT2D eigenvalue weighted by Gasteiger charge is -2.14. The third-order valence-electron chi connectivity index (χ3n) is 4.58. The van der Waals surface area contributed by atoms with E-state index in [9.17, 15) is 13.2 Å². The summed E-state index contributed by atoms with van der Waals surface area (Å²) in [6, 6.07) is 18.6. The van der Waals surface area contributed by atoms with E-state index >= 15 is 0 Å². The predicted molar refractivity (Wildman–Crippen MR) is 119 cm³/mol. The predicted octanol–water partition coefficient (Wildman–Crippen LogP) is 4.76. The molecule has 6 nitrogen and oxygen atoms in total. The van der Waals surface area contributed by atoms with Gasteiger partial charge in [0.05, 0.1) is 17.2 Å². The molecule has 3 aromatic rings. The van der Waals surface area contributed by atoms with Crippen molar-refractivity contribution in [1.82, 2.24) is 0 Å². The normalized spacial score (nSPS) is 11.0. The fraction of sp³-hybridized carbons (Fsp3) is 0.174. The van der Waals surface area contributed by atoms with Crippen LogP contribution in [-0.2, 0) is 10.0 Å². The number of nitrogens with one attached hydrogen (secondary N) is 2. The van der Waals surface area contributed by atoms with Crippen LogP contribution >= 0.6 is 0 Å². The number of hydrogen-bond acceptors (Lipinski definition) is 4. The van der Waals surface area contributed by atoms with E-state index in [4.69, 9.17) is 4.74 Å². The molecule has 0 aliphatic carbocycles. The quantitative estimate of drug-likeness (QED) is 0.573. The van der Waals surface area contributed by atoms with Crippen LogP contribution in [0.3, 0.4) is 0 Å². The maximum absolute atomic E-state index is 12.8. The van der Waals surface area contributed by atoms with Gasteiger partial charge in [0.2, 0.25) is 0 Å². The summed E-state index contributed by atoms with van der Waals surface area (Å²) in [7, 11) is -3.76. The number of anilines is 2. The van der Waals surface area contributed by atoms with E-state index in [1.807, 2.05) is 13.8 Å². The van der Waals surface area contributed by atoms with E-state index in [1.165, 1.54) is 0 Å². The van der Waals surface area contributed by atoms with E-state index in [0.717, 1.165) is 11.3 Å². The molecular weight excluding hydrogens is 400 g/mol. The number of rotatable bonds is 7. The zero-order valence-corrected chi connectivity index (χ0v) is 17.9. The second kappa shape index (κ2) is 9.00.